The smallest absolute Gasteiger partial charge is 0.328 e. The van der Waals surface area contributed by atoms with Gasteiger partial charge in [-0.3, -0.25) is 19.9 Å². The molecule has 5 aliphatic rings. The molecule has 0 bridgehead atoms. The van der Waals surface area contributed by atoms with Crippen molar-refractivity contribution in [3.63, 3.8) is 0 Å². The van der Waals surface area contributed by atoms with Crippen LogP contribution in [0.15, 0.2) is 60.9 Å². The third-order valence-corrected chi connectivity index (χ3v) is 12.0. The number of hydrogen-bond donors (Lipinski definition) is 3. The van der Waals surface area contributed by atoms with Crippen molar-refractivity contribution in [1.29, 1.82) is 0 Å². The molecule has 15 heteroatoms. The number of pyridine rings is 1. The van der Waals surface area contributed by atoms with E-state index in [-0.39, 0.29) is 24.9 Å². The number of fused-ring (bicyclic) bond motifs is 2. The van der Waals surface area contributed by atoms with Gasteiger partial charge >= 0.3 is 6.03 Å². The number of alkyl halides is 2. The third-order valence-electron chi connectivity index (χ3n) is 12.0. The average molecular weight is 765 g/mol. The van der Waals surface area contributed by atoms with E-state index in [1.54, 1.807) is 17.0 Å². The fraction of sp³-hybridized carbons (Fsp3) is 0.439. The Kier molecular flexibility index (Phi) is 9.55. The highest BCUT2D eigenvalue weighted by Gasteiger charge is 2.47. The van der Waals surface area contributed by atoms with Gasteiger partial charge in [0, 0.05) is 74.0 Å². The molecule has 5 aliphatic heterocycles. The normalized spacial score (nSPS) is 21.4. The molecule has 1 atom stereocenters. The van der Waals surface area contributed by atoms with Crippen molar-refractivity contribution in [1.82, 2.24) is 25.2 Å². The number of benzene rings is 2. The Morgan fingerprint density at radius 1 is 0.875 bits per heavy atom. The van der Waals surface area contributed by atoms with Crippen LogP contribution >= 0.6 is 0 Å². The molecule has 0 unspecified atom stereocenters. The minimum absolute atomic E-state index is 0.104. The van der Waals surface area contributed by atoms with Crippen LogP contribution < -0.4 is 35.4 Å². The molecule has 0 saturated carbocycles. The number of urea groups is 1. The number of nitrogens with one attached hydrogen (secondary N) is 3. The number of piperidine rings is 2. The Bertz CT molecular complexity index is 2110. The number of rotatable bonds is 7. The second-order valence-corrected chi connectivity index (χ2v) is 15.4. The van der Waals surface area contributed by atoms with Crippen molar-refractivity contribution in [2.45, 2.75) is 63.5 Å². The van der Waals surface area contributed by atoms with E-state index in [1.807, 2.05) is 53.7 Å². The summed E-state index contributed by atoms with van der Waals surface area (Å²) in [4.78, 5) is 45.8. The van der Waals surface area contributed by atoms with Crippen LogP contribution in [0.1, 0.15) is 54.0 Å². The number of anilines is 6. The van der Waals surface area contributed by atoms with Gasteiger partial charge in [-0.05, 0) is 86.7 Å². The van der Waals surface area contributed by atoms with Gasteiger partial charge in [-0.1, -0.05) is 12.1 Å². The highest BCUT2D eigenvalue weighted by atomic mass is 19.3. The molecule has 0 aliphatic carbocycles. The Morgan fingerprint density at radius 2 is 1.66 bits per heavy atom. The summed E-state index contributed by atoms with van der Waals surface area (Å²) in [6, 6.07) is 14.8. The topological polar surface area (TPSA) is 131 Å². The summed E-state index contributed by atoms with van der Waals surface area (Å²) in [5.74, 6) is -2.84. The van der Waals surface area contributed by atoms with E-state index in [0.717, 1.165) is 90.7 Å². The zero-order valence-corrected chi connectivity index (χ0v) is 31.4. The standard InChI is InChI=1S/C41H46F2N10O3/c1-26-35(23-45-38-37(26)44-15-21-56-38)51-16-10-28-22-46-39(48-34(28)24-51)47-29-4-2-27(3-5-29)33-13-19-52(25-41(33,42)43)31-11-17-50(18-12-31)30-6-8-32(9-7-30)53-20-14-36(54)49-40(53)55/h2-9,22-23,31,33,44H,10-21,24-25H2,1H3,(H,46,47,48)(H,49,54,55)/t33-/m0/s1. The first-order valence-electron chi connectivity index (χ1n) is 19.6. The Balaban J connectivity index is 0.783. The fourth-order valence-corrected chi connectivity index (χ4v) is 8.86. The van der Waals surface area contributed by atoms with Gasteiger partial charge < -0.3 is 25.2 Å². The van der Waals surface area contributed by atoms with Gasteiger partial charge in [0.1, 0.15) is 12.3 Å². The molecule has 0 radical (unpaired) electrons. The number of imide groups is 1. The molecule has 2 aromatic heterocycles. The number of nitrogens with zero attached hydrogens (tertiary/aromatic N) is 7. The molecule has 3 amide bonds. The summed E-state index contributed by atoms with van der Waals surface area (Å²) < 4.78 is 37.4. The molecular weight excluding hydrogens is 719 g/mol. The Morgan fingerprint density at radius 3 is 2.43 bits per heavy atom. The van der Waals surface area contributed by atoms with E-state index in [2.05, 4.69) is 42.6 Å². The second-order valence-electron chi connectivity index (χ2n) is 15.4. The highest BCUT2D eigenvalue weighted by Crippen LogP contribution is 2.42. The summed E-state index contributed by atoms with van der Waals surface area (Å²) in [6.45, 7) is 7.19. The minimum atomic E-state index is -2.85. The van der Waals surface area contributed by atoms with E-state index in [4.69, 9.17) is 9.72 Å². The lowest BCUT2D eigenvalue weighted by Crippen LogP contribution is -2.54. The number of likely N-dealkylation sites (tertiary alicyclic amines) is 1. The van der Waals surface area contributed by atoms with Crippen LogP contribution in [-0.4, -0.2) is 96.2 Å². The van der Waals surface area contributed by atoms with Crippen LogP contribution in [0.5, 0.6) is 5.88 Å². The van der Waals surface area contributed by atoms with Crippen molar-refractivity contribution in [2.75, 3.05) is 77.8 Å². The molecule has 2 aromatic carbocycles. The second kappa shape index (κ2) is 14.8. The summed E-state index contributed by atoms with van der Waals surface area (Å²) in [7, 11) is 0. The van der Waals surface area contributed by atoms with E-state index >= 15 is 8.78 Å². The van der Waals surface area contributed by atoms with Crippen LogP contribution in [-0.2, 0) is 17.8 Å². The third kappa shape index (κ3) is 7.15. The molecule has 9 rings (SSSR count). The maximum Gasteiger partial charge on any atom is 0.328 e. The minimum Gasteiger partial charge on any atom is -0.474 e. The predicted molar refractivity (Wildman–Crippen MR) is 211 cm³/mol. The molecule has 13 nitrogen and oxygen atoms in total. The first-order valence-corrected chi connectivity index (χ1v) is 19.6. The molecule has 3 fully saturated rings. The summed E-state index contributed by atoms with van der Waals surface area (Å²) in [5, 5.41) is 9.06. The molecule has 0 spiro atoms. The summed E-state index contributed by atoms with van der Waals surface area (Å²) in [6.07, 6.45) is 6.85. The van der Waals surface area contributed by atoms with Gasteiger partial charge in [-0.15, -0.1) is 0 Å². The average Bonchev–Trinajstić information content (AvgIpc) is 3.21. The molecule has 3 saturated heterocycles. The monoisotopic (exact) mass is 764 g/mol. The van der Waals surface area contributed by atoms with Crippen molar-refractivity contribution in [3.8, 4) is 5.88 Å². The first-order chi connectivity index (χ1) is 27.2. The lowest BCUT2D eigenvalue weighted by molar-refractivity contribution is -0.120. The van der Waals surface area contributed by atoms with Crippen LogP contribution in [0.25, 0.3) is 0 Å². The van der Waals surface area contributed by atoms with Gasteiger partial charge in [0.25, 0.3) is 5.92 Å². The maximum atomic E-state index is 15.9. The van der Waals surface area contributed by atoms with E-state index in [0.29, 0.717) is 50.1 Å². The SMILES string of the molecule is Cc1c(N2CCc3cnc(Nc4ccc([C@@H]5CCN(C6CCN(c7ccc(N8CCC(=O)NC8=O)cc7)CC6)CC5(F)F)cc4)nc3C2)cnc2c1NCCO2. The van der Waals surface area contributed by atoms with Crippen LogP contribution in [0.3, 0.4) is 0 Å². The van der Waals surface area contributed by atoms with E-state index in [9.17, 15) is 9.59 Å². The van der Waals surface area contributed by atoms with Gasteiger partial charge in [-0.2, -0.15) is 0 Å². The maximum absolute atomic E-state index is 15.9. The highest BCUT2D eigenvalue weighted by molar-refractivity contribution is 6.05. The molecule has 3 N–H and O–H groups in total. The quantitative estimate of drug-likeness (QED) is 0.210. The van der Waals surface area contributed by atoms with Crippen LogP contribution in [0, 0.1) is 6.92 Å². The molecular formula is C41H46F2N10O3. The predicted octanol–water partition coefficient (Wildman–Crippen LogP) is 5.83. The number of halogens is 2. The van der Waals surface area contributed by atoms with Gasteiger partial charge in [0.05, 0.1) is 36.6 Å². The van der Waals surface area contributed by atoms with Gasteiger partial charge in [0.15, 0.2) is 0 Å². The van der Waals surface area contributed by atoms with Crippen LogP contribution in [0.2, 0.25) is 0 Å². The first kappa shape index (κ1) is 36.1. The Hall–Kier alpha value is -5.57. The zero-order chi connectivity index (χ0) is 38.4. The number of ether oxygens (including phenoxy) is 1. The number of amides is 3. The van der Waals surface area contributed by atoms with Crippen molar-refractivity contribution in [2.24, 2.45) is 0 Å². The summed E-state index contributed by atoms with van der Waals surface area (Å²) >= 11 is 0. The summed E-state index contributed by atoms with van der Waals surface area (Å²) in [5.41, 5.74) is 8.33. The molecule has 56 heavy (non-hydrogen) atoms. The van der Waals surface area contributed by atoms with Crippen molar-refractivity contribution in [3.05, 3.63) is 83.3 Å². The van der Waals surface area contributed by atoms with Crippen molar-refractivity contribution >= 4 is 46.3 Å². The number of carbonyl (C=O) groups excluding carboxylic acids is 2. The fourth-order valence-electron chi connectivity index (χ4n) is 8.86. The largest absolute Gasteiger partial charge is 0.474 e. The lowest BCUT2D eigenvalue weighted by Gasteiger charge is -2.45. The van der Waals surface area contributed by atoms with Gasteiger partial charge in [-0.25, -0.2) is 28.5 Å². The molecule has 7 heterocycles. The zero-order valence-electron chi connectivity index (χ0n) is 31.4. The van der Waals surface area contributed by atoms with Crippen molar-refractivity contribution < 1.29 is 23.1 Å². The van der Waals surface area contributed by atoms with Crippen LogP contribution in [0.4, 0.5) is 48.0 Å². The number of aromatic nitrogens is 3. The van der Waals surface area contributed by atoms with Gasteiger partial charge in [0.2, 0.25) is 17.7 Å². The Labute approximate surface area is 324 Å². The number of carbonyl (C=O) groups is 2. The number of hydrogen-bond acceptors (Lipinski definition) is 11. The lowest BCUT2D eigenvalue weighted by atomic mass is 9.85. The molecule has 292 valence electrons. The van der Waals surface area contributed by atoms with E-state index < -0.39 is 17.9 Å². The van der Waals surface area contributed by atoms with E-state index in [1.165, 1.54) is 0 Å². The molecule has 4 aromatic rings.